The number of benzene rings is 1. The van der Waals surface area contributed by atoms with Crippen molar-refractivity contribution in [3.8, 4) is 22.6 Å². The highest BCUT2D eigenvalue weighted by atomic mass is 16.1. The average molecular weight is 472 g/mol. The van der Waals surface area contributed by atoms with Gasteiger partial charge in [0, 0.05) is 29.2 Å². The first-order chi connectivity index (χ1) is 17.2. The minimum Gasteiger partial charge on any atom is -0.293 e. The number of hydrogen-bond acceptors (Lipinski definition) is 5. The number of rotatable bonds is 8. The standard InChI is InChI=1S/C27H33N7O/c1-3-4-12-24-19(2)34(22-9-6-5-7-10-22)27(35)33(24)18-20-13-15-21(16-14-20)23-11-8-17-28-25(23)26-29-31-32-30-26/h8,11,13-17,22H,3-7,9-10,12,18H2,1-2H3,(H,29,30,31,32). The van der Waals surface area contributed by atoms with Crippen LogP contribution >= 0.6 is 0 Å². The summed E-state index contributed by atoms with van der Waals surface area (Å²) in [7, 11) is 0. The van der Waals surface area contributed by atoms with Crippen molar-refractivity contribution in [1.29, 1.82) is 0 Å². The molecule has 3 aromatic heterocycles. The van der Waals surface area contributed by atoms with Crippen LogP contribution in [-0.2, 0) is 13.0 Å². The van der Waals surface area contributed by atoms with E-state index in [4.69, 9.17) is 0 Å². The van der Waals surface area contributed by atoms with Gasteiger partial charge in [0.2, 0.25) is 5.82 Å². The number of H-pyrrole nitrogens is 1. The largest absolute Gasteiger partial charge is 0.329 e. The average Bonchev–Trinajstić information content (AvgIpc) is 3.51. The third-order valence-electron chi connectivity index (χ3n) is 7.22. The summed E-state index contributed by atoms with van der Waals surface area (Å²) in [6.07, 6.45) is 10.8. The number of hydrogen-bond donors (Lipinski definition) is 1. The van der Waals surface area contributed by atoms with Crippen molar-refractivity contribution in [2.75, 3.05) is 0 Å². The van der Waals surface area contributed by atoms with Crippen LogP contribution in [0.4, 0.5) is 0 Å². The predicted octanol–water partition coefficient (Wildman–Crippen LogP) is 5.10. The van der Waals surface area contributed by atoms with E-state index in [0.29, 0.717) is 24.1 Å². The highest BCUT2D eigenvalue weighted by Gasteiger charge is 2.24. The molecule has 0 spiro atoms. The second-order valence-electron chi connectivity index (χ2n) is 9.50. The molecule has 3 heterocycles. The van der Waals surface area contributed by atoms with Gasteiger partial charge in [-0.15, -0.1) is 10.2 Å². The first kappa shape index (κ1) is 23.2. The molecule has 4 aromatic rings. The van der Waals surface area contributed by atoms with E-state index < -0.39 is 0 Å². The summed E-state index contributed by atoms with van der Waals surface area (Å²) in [5, 5.41) is 14.3. The Morgan fingerprint density at radius 3 is 2.60 bits per heavy atom. The number of tetrazole rings is 1. The van der Waals surface area contributed by atoms with Gasteiger partial charge in [0.25, 0.3) is 0 Å². The van der Waals surface area contributed by atoms with Gasteiger partial charge >= 0.3 is 5.69 Å². The summed E-state index contributed by atoms with van der Waals surface area (Å²) < 4.78 is 4.12. The molecule has 1 fully saturated rings. The maximum atomic E-state index is 13.6. The number of unbranched alkanes of at least 4 members (excludes halogenated alkanes) is 1. The lowest BCUT2D eigenvalue weighted by Crippen LogP contribution is -2.29. The molecule has 0 amide bonds. The zero-order chi connectivity index (χ0) is 24.2. The van der Waals surface area contributed by atoms with Crippen LogP contribution in [0.3, 0.4) is 0 Å². The lowest BCUT2D eigenvalue weighted by atomic mass is 9.95. The quantitative estimate of drug-likeness (QED) is 0.386. The summed E-state index contributed by atoms with van der Waals surface area (Å²) in [5.41, 5.74) is 6.27. The zero-order valence-corrected chi connectivity index (χ0v) is 20.6. The Bertz CT molecular complexity index is 1310. The smallest absolute Gasteiger partial charge is 0.293 e. The van der Waals surface area contributed by atoms with E-state index in [0.717, 1.165) is 54.5 Å². The van der Waals surface area contributed by atoms with Crippen LogP contribution in [0.2, 0.25) is 0 Å². The summed E-state index contributed by atoms with van der Waals surface area (Å²) >= 11 is 0. The van der Waals surface area contributed by atoms with Crippen LogP contribution in [0.15, 0.2) is 47.4 Å². The van der Waals surface area contributed by atoms with E-state index >= 15 is 0 Å². The number of aromatic nitrogens is 7. The topological polar surface area (TPSA) is 94.3 Å². The summed E-state index contributed by atoms with van der Waals surface area (Å²) in [6.45, 7) is 4.93. The second kappa shape index (κ2) is 10.4. The lowest BCUT2D eigenvalue weighted by molar-refractivity contribution is 0.340. The summed E-state index contributed by atoms with van der Waals surface area (Å²) in [4.78, 5) is 18.1. The fraction of sp³-hybridized carbons (Fsp3) is 0.444. The summed E-state index contributed by atoms with van der Waals surface area (Å²) in [6, 6.07) is 12.6. The van der Waals surface area contributed by atoms with Gasteiger partial charge in [-0.25, -0.2) is 4.79 Å². The molecule has 8 heteroatoms. The van der Waals surface area contributed by atoms with E-state index in [2.05, 4.69) is 68.3 Å². The molecule has 1 N–H and O–H groups in total. The number of nitrogens with one attached hydrogen (secondary N) is 1. The molecule has 0 aliphatic heterocycles. The third-order valence-corrected chi connectivity index (χ3v) is 7.22. The van der Waals surface area contributed by atoms with E-state index in [1.807, 2.05) is 16.7 Å². The zero-order valence-electron chi connectivity index (χ0n) is 20.6. The van der Waals surface area contributed by atoms with Crippen molar-refractivity contribution >= 4 is 0 Å². The molecule has 0 unspecified atom stereocenters. The van der Waals surface area contributed by atoms with Crippen molar-refractivity contribution < 1.29 is 0 Å². The molecule has 35 heavy (non-hydrogen) atoms. The SMILES string of the molecule is CCCCc1c(C)n(C2CCCCC2)c(=O)n1Cc1ccc(-c2cccnc2-c2nn[nH]n2)cc1. The third kappa shape index (κ3) is 4.70. The molecule has 5 rings (SSSR count). The van der Waals surface area contributed by atoms with E-state index in [1.54, 1.807) is 6.20 Å². The van der Waals surface area contributed by atoms with Gasteiger partial charge in [0.15, 0.2) is 0 Å². The van der Waals surface area contributed by atoms with Gasteiger partial charge in [0.1, 0.15) is 5.69 Å². The molecule has 1 aliphatic carbocycles. The fourth-order valence-corrected chi connectivity index (χ4v) is 5.37. The van der Waals surface area contributed by atoms with Crippen molar-refractivity contribution in [2.45, 2.75) is 77.8 Å². The van der Waals surface area contributed by atoms with Crippen molar-refractivity contribution in [3.63, 3.8) is 0 Å². The van der Waals surface area contributed by atoms with Crippen LogP contribution in [0.25, 0.3) is 22.6 Å². The Balaban J connectivity index is 1.45. The van der Waals surface area contributed by atoms with Gasteiger partial charge in [-0.3, -0.25) is 14.1 Å². The summed E-state index contributed by atoms with van der Waals surface area (Å²) in [5.74, 6) is 0.469. The van der Waals surface area contributed by atoms with E-state index in [9.17, 15) is 4.79 Å². The van der Waals surface area contributed by atoms with Crippen LogP contribution in [0.1, 0.15) is 74.9 Å². The highest BCUT2D eigenvalue weighted by Crippen LogP contribution is 2.30. The second-order valence-corrected chi connectivity index (χ2v) is 9.50. The molecule has 1 aromatic carbocycles. The number of nitrogens with zero attached hydrogens (tertiary/aromatic N) is 6. The molecular weight excluding hydrogens is 438 g/mol. The van der Waals surface area contributed by atoms with Gasteiger partial charge in [-0.1, -0.05) is 62.9 Å². The normalized spacial score (nSPS) is 14.5. The van der Waals surface area contributed by atoms with Gasteiger partial charge in [-0.05, 0) is 55.0 Å². The minimum absolute atomic E-state index is 0.149. The molecule has 182 valence electrons. The Morgan fingerprint density at radius 1 is 1.09 bits per heavy atom. The minimum atomic E-state index is 0.149. The van der Waals surface area contributed by atoms with Crippen molar-refractivity contribution in [3.05, 3.63) is 70.0 Å². The van der Waals surface area contributed by atoms with Crippen LogP contribution in [0, 0.1) is 6.92 Å². The molecule has 1 aliphatic rings. The highest BCUT2D eigenvalue weighted by molar-refractivity contribution is 5.77. The number of aromatic amines is 1. The Kier molecular flexibility index (Phi) is 6.88. The molecule has 0 saturated heterocycles. The Labute approximate surface area is 205 Å². The molecule has 1 saturated carbocycles. The van der Waals surface area contributed by atoms with Gasteiger partial charge in [0.05, 0.1) is 6.54 Å². The molecule has 0 atom stereocenters. The van der Waals surface area contributed by atoms with Crippen LogP contribution in [-0.4, -0.2) is 34.7 Å². The van der Waals surface area contributed by atoms with Gasteiger partial charge < -0.3 is 0 Å². The molecule has 0 bridgehead atoms. The van der Waals surface area contributed by atoms with Crippen LogP contribution in [0.5, 0.6) is 0 Å². The maximum absolute atomic E-state index is 13.6. The molecule has 0 radical (unpaired) electrons. The van der Waals surface area contributed by atoms with Crippen molar-refractivity contribution in [1.82, 2.24) is 34.7 Å². The van der Waals surface area contributed by atoms with Crippen molar-refractivity contribution in [2.24, 2.45) is 0 Å². The lowest BCUT2D eigenvalue weighted by Gasteiger charge is -2.23. The van der Waals surface area contributed by atoms with E-state index in [-0.39, 0.29) is 5.69 Å². The predicted molar refractivity (Wildman–Crippen MR) is 136 cm³/mol. The monoisotopic (exact) mass is 471 g/mol. The van der Waals surface area contributed by atoms with Crippen LogP contribution < -0.4 is 5.69 Å². The maximum Gasteiger partial charge on any atom is 0.329 e. The van der Waals surface area contributed by atoms with Gasteiger partial charge in [-0.2, -0.15) is 5.21 Å². The number of imidazole rings is 1. The Hall–Kier alpha value is -3.55. The number of pyridine rings is 1. The van der Waals surface area contributed by atoms with E-state index in [1.165, 1.54) is 25.0 Å². The first-order valence-electron chi connectivity index (χ1n) is 12.8. The molecule has 8 nitrogen and oxygen atoms in total. The Morgan fingerprint density at radius 2 is 1.89 bits per heavy atom. The molecular formula is C27H33N7O. The fourth-order valence-electron chi connectivity index (χ4n) is 5.37. The first-order valence-corrected chi connectivity index (χ1v) is 12.8.